The van der Waals surface area contributed by atoms with Crippen LogP contribution in [-0.2, 0) is 9.59 Å². The quantitative estimate of drug-likeness (QED) is 0.803. The minimum atomic E-state index is -1.04. The Bertz CT molecular complexity index is 695. The van der Waals surface area contributed by atoms with Crippen LogP contribution in [0.4, 0.5) is 5.69 Å². The smallest absolute Gasteiger partial charge is 0.303 e. The van der Waals surface area contributed by atoms with Gasteiger partial charge in [-0.1, -0.05) is 42.5 Å². The molecular formula is C17H15NO4. The summed E-state index contributed by atoms with van der Waals surface area (Å²) in [6, 6.07) is 15.4. The van der Waals surface area contributed by atoms with Gasteiger partial charge in [-0.3, -0.25) is 14.4 Å². The number of nitrogens with one attached hydrogen (secondary N) is 1. The lowest BCUT2D eigenvalue weighted by Crippen LogP contribution is -2.16. The normalized spacial score (nSPS) is 10.0. The zero-order chi connectivity index (χ0) is 15.9. The highest BCUT2D eigenvalue weighted by Gasteiger charge is 2.15. The molecule has 22 heavy (non-hydrogen) atoms. The molecule has 0 saturated heterocycles. The van der Waals surface area contributed by atoms with Crippen molar-refractivity contribution in [2.45, 2.75) is 12.8 Å². The first-order valence-corrected chi connectivity index (χ1v) is 6.78. The van der Waals surface area contributed by atoms with E-state index in [-0.39, 0.29) is 18.6 Å². The number of ketones is 1. The van der Waals surface area contributed by atoms with Crippen molar-refractivity contribution < 1.29 is 19.5 Å². The van der Waals surface area contributed by atoms with Gasteiger partial charge in [-0.05, 0) is 12.1 Å². The Kier molecular flexibility index (Phi) is 5.03. The fourth-order valence-corrected chi connectivity index (χ4v) is 1.97. The number of carboxylic acid groups (broad SMARTS) is 1. The third kappa shape index (κ3) is 4.02. The molecule has 0 aliphatic carbocycles. The number of benzene rings is 2. The van der Waals surface area contributed by atoms with Crippen LogP contribution in [0.15, 0.2) is 54.6 Å². The van der Waals surface area contributed by atoms with Crippen LogP contribution in [0.25, 0.3) is 0 Å². The molecule has 2 rings (SSSR count). The molecule has 0 bridgehead atoms. The van der Waals surface area contributed by atoms with E-state index < -0.39 is 11.9 Å². The fourth-order valence-electron chi connectivity index (χ4n) is 1.97. The summed E-state index contributed by atoms with van der Waals surface area (Å²) in [7, 11) is 0. The molecule has 0 aliphatic heterocycles. The summed E-state index contributed by atoms with van der Waals surface area (Å²) in [5, 5.41) is 11.2. The van der Waals surface area contributed by atoms with Crippen molar-refractivity contribution in [3.05, 3.63) is 65.7 Å². The maximum Gasteiger partial charge on any atom is 0.303 e. The fraction of sp³-hybridized carbons (Fsp3) is 0.118. The second-order valence-electron chi connectivity index (χ2n) is 4.68. The van der Waals surface area contributed by atoms with E-state index in [9.17, 15) is 14.4 Å². The number of hydrogen-bond donors (Lipinski definition) is 2. The standard InChI is InChI=1S/C17H15NO4/c19-15(10-11-16(20)21)18-14-9-5-4-8-13(14)17(22)12-6-2-1-3-7-12/h1-9H,10-11H2,(H,18,19)(H,20,21). The molecule has 0 saturated carbocycles. The lowest BCUT2D eigenvalue weighted by molar-refractivity contribution is -0.138. The molecule has 2 aromatic rings. The van der Waals surface area contributed by atoms with E-state index in [4.69, 9.17) is 5.11 Å². The molecule has 0 spiro atoms. The third-order valence-electron chi connectivity index (χ3n) is 3.05. The van der Waals surface area contributed by atoms with E-state index in [2.05, 4.69) is 5.32 Å². The average molecular weight is 297 g/mol. The lowest BCUT2D eigenvalue weighted by atomic mass is 10.0. The van der Waals surface area contributed by atoms with Crippen LogP contribution in [0, 0.1) is 0 Å². The van der Waals surface area contributed by atoms with E-state index in [1.54, 1.807) is 48.5 Å². The molecule has 0 radical (unpaired) electrons. The van der Waals surface area contributed by atoms with Crippen LogP contribution in [0.1, 0.15) is 28.8 Å². The van der Waals surface area contributed by atoms with Crippen LogP contribution < -0.4 is 5.32 Å². The van der Waals surface area contributed by atoms with Gasteiger partial charge in [-0.25, -0.2) is 0 Å². The molecule has 112 valence electrons. The summed E-state index contributed by atoms with van der Waals surface area (Å²) in [6.07, 6.45) is -0.385. The monoisotopic (exact) mass is 297 g/mol. The van der Waals surface area contributed by atoms with E-state index in [1.807, 2.05) is 6.07 Å². The Balaban J connectivity index is 2.18. The van der Waals surface area contributed by atoms with Crippen LogP contribution in [0.3, 0.4) is 0 Å². The first-order valence-electron chi connectivity index (χ1n) is 6.78. The Labute approximate surface area is 127 Å². The van der Waals surface area contributed by atoms with E-state index in [0.717, 1.165) is 0 Å². The van der Waals surface area contributed by atoms with Crippen molar-refractivity contribution in [1.29, 1.82) is 0 Å². The van der Waals surface area contributed by atoms with E-state index in [0.29, 0.717) is 16.8 Å². The number of hydrogen-bond acceptors (Lipinski definition) is 3. The van der Waals surface area contributed by atoms with Crippen molar-refractivity contribution in [3.8, 4) is 0 Å². The molecular weight excluding hydrogens is 282 g/mol. The van der Waals surface area contributed by atoms with Gasteiger partial charge in [0.05, 0.1) is 12.1 Å². The Morgan fingerprint density at radius 2 is 1.50 bits per heavy atom. The number of para-hydroxylation sites is 1. The maximum atomic E-state index is 12.5. The van der Waals surface area contributed by atoms with Gasteiger partial charge in [0.15, 0.2) is 5.78 Å². The van der Waals surface area contributed by atoms with Crippen molar-refractivity contribution >= 4 is 23.3 Å². The predicted molar refractivity (Wildman–Crippen MR) is 81.8 cm³/mol. The Hall–Kier alpha value is -2.95. The van der Waals surface area contributed by atoms with Crippen molar-refractivity contribution in [2.24, 2.45) is 0 Å². The van der Waals surface area contributed by atoms with Gasteiger partial charge in [-0.15, -0.1) is 0 Å². The Morgan fingerprint density at radius 1 is 0.864 bits per heavy atom. The average Bonchev–Trinajstić information content (AvgIpc) is 2.53. The lowest BCUT2D eigenvalue weighted by Gasteiger charge is -2.10. The summed E-state index contributed by atoms with van der Waals surface area (Å²) in [5.74, 6) is -1.67. The number of carbonyl (C=O) groups is 3. The topological polar surface area (TPSA) is 83.5 Å². The summed E-state index contributed by atoms with van der Waals surface area (Å²) < 4.78 is 0. The molecule has 0 fully saturated rings. The molecule has 5 heteroatoms. The minimum Gasteiger partial charge on any atom is -0.481 e. The van der Waals surface area contributed by atoms with Gasteiger partial charge in [-0.2, -0.15) is 0 Å². The van der Waals surface area contributed by atoms with Gasteiger partial charge in [0.25, 0.3) is 0 Å². The van der Waals surface area contributed by atoms with Crippen LogP contribution >= 0.6 is 0 Å². The number of anilines is 1. The van der Waals surface area contributed by atoms with E-state index in [1.165, 1.54) is 0 Å². The number of aliphatic carboxylic acids is 1. The van der Waals surface area contributed by atoms with Crippen LogP contribution in [0.2, 0.25) is 0 Å². The number of amides is 1. The highest BCUT2D eigenvalue weighted by molar-refractivity contribution is 6.13. The van der Waals surface area contributed by atoms with Crippen LogP contribution in [0.5, 0.6) is 0 Å². The highest BCUT2D eigenvalue weighted by atomic mass is 16.4. The van der Waals surface area contributed by atoms with Gasteiger partial charge >= 0.3 is 5.97 Å². The van der Waals surface area contributed by atoms with Gasteiger partial charge in [0.2, 0.25) is 5.91 Å². The van der Waals surface area contributed by atoms with Gasteiger partial charge in [0.1, 0.15) is 0 Å². The molecule has 0 atom stereocenters. The third-order valence-corrected chi connectivity index (χ3v) is 3.05. The Morgan fingerprint density at radius 3 is 2.18 bits per heavy atom. The molecule has 5 nitrogen and oxygen atoms in total. The summed E-state index contributed by atoms with van der Waals surface area (Å²) in [6.45, 7) is 0. The largest absolute Gasteiger partial charge is 0.481 e. The molecule has 1 amide bonds. The van der Waals surface area contributed by atoms with Crippen molar-refractivity contribution in [3.63, 3.8) is 0 Å². The van der Waals surface area contributed by atoms with Gasteiger partial charge < -0.3 is 10.4 Å². The number of carbonyl (C=O) groups excluding carboxylic acids is 2. The molecule has 2 N–H and O–H groups in total. The minimum absolute atomic E-state index is 0.136. The van der Waals surface area contributed by atoms with E-state index >= 15 is 0 Å². The van der Waals surface area contributed by atoms with Crippen LogP contribution in [-0.4, -0.2) is 22.8 Å². The predicted octanol–water partition coefficient (Wildman–Crippen LogP) is 2.72. The second-order valence-corrected chi connectivity index (χ2v) is 4.68. The molecule has 2 aromatic carbocycles. The van der Waals surface area contributed by atoms with Crippen molar-refractivity contribution in [1.82, 2.24) is 0 Å². The molecule has 0 unspecified atom stereocenters. The summed E-state index contributed by atoms with van der Waals surface area (Å²) >= 11 is 0. The molecule has 0 heterocycles. The number of rotatable bonds is 6. The van der Waals surface area contributed by atoms with Crippen molar-refractivity contribution in [2.75, 3.05) is 5.32 Å². The molecule has 0 aliphatic rings. The summed E-state index contributed by atoms with van der Waals surface area (Å²) in [4.78, 5) is 34.7. The SMILES string of the molecule is O=C(O)CCC(=O)Nc1ccccc1C(=O)c1ccccc1. The zero-order valence-corrected chi connectivity index (χ0v) is 11.8. The first-order chi connectivity index (χ1) is 10.6. The molecule has 0 aromatic heterocycles. The highest BCUT2D eigenvalue weighted by Crippen LogP contribution is 2.19. The second kappa shape index (κ2) is 7.17. The number of carboxylic acids is 1. The zero-order valence-electron chi connectivity index (χ0n) is 11.8. The van der Waals surface area contributed by atoms with Gasteiger partial charge in [0, 0.05) is 17.5 Å². The summed E-state index contributed by atoms with van der Waals surface area (Å²) in [5.41, 5.74) is 1.28. The first kappa shape index (κ1) is 15.4. The maximum absolute atomic E-state index is 12.5.